The number of pyridine rings is 1. The van der Waals surface area contributed by atoms with Crippen molar-refractivity contribution < 1.29 is 0 Å². The Labute approximate surface area is 152 Å². The highest BCUT2D eigenvalue weighted by Crippen LogP contribution is 2.41. The third-order valence-electron chi connectivity index (χ3n) is 5.03. The van der Waals surface area contributed by atoms with Crippen molar-refractivity contribution in [2.45, 2.75) is 25.3 Å². The quantitative estimate of drug-likeness (QED) is 0.590. The van der Waals surface area contributed by atoms with Crippen LogP contribution < -0.4 is 5.73 Å². The van der Waals surface area contributed by atoms with Crippen LogP contribution in [0.4, 0.5) is 5.82 Å². The first-order valence-electron chi connectivity index (χ1n) is 9.03. The molecule has 0 radical (unpaired) electrons. The largest absolute Gasteiger partial charge is 0.384 e. The summed E-state index contributed by atoms with van der Waals surface area (Å²) in [5.41, 5.74) is 12.7. The highest BCUT2D eigenvalue weighted by atomic mass is 15.0. The van der Waals surface area contributed by atoms with Gasteiger partial charge in [0, 0.05) is 12.1 Å². The van der Waals surface area contributed by atoms with Gasteiger partial charge in [0.2, 0.25) is 0 Å². The van der Waals surface area contributed by atoms with Crippen LogP contribution >= 0.6 is 0 Å². The molecule has 1 saturated carbocycles. The lowest BCUT2D eigenvalue weighted by Crippen LogP contribution is -1.97. The van der Waals surface area contributed by atoms with E-state index < -0.39 is 0 Å². The molecule has 4 heteroatoms. The molecule has 2 heterocycles. The smallest absolute Gasteiger partial charge is 0.124 e. The maximum absolute atomic E-state index is 6.03. The van der Waals surface area contributed by atoms with Crippen molar-refractivity contribution in [3.05, 3.63) is 78.1 Å². The average molecular weight is 340 g/mol. The van der Waals surface area contributed by atoms with Gasteiger partial charge in [0.1, 0.15) is 5.82 Å². The number of hydrogen-bond donors (Lipinski definition) is 1. The molecule has 1 fully saturated rings. The summed E-state index contributed by atoms with van der Waals surface area (Å²) in [7, 11) is 0. The molecule has 4 nitrogen and oxygen atoms in total. The molecule has 0 atom stereocenters. The van der Waals surface area contributed by atoms with E-state index in [9.17, 15) is 0 Å². The van der Waals surface area contributed by atoms with Crippen LogP contribution in [0, 0.1) is 0 Å². The van der Waals surface area contributed by atoms with E-state index >= 15 is 0 Å². The Hall–Kier alpha value is -3.14. The molecular weight excluding hydrogens is 320 g/mol. The zero-order valence-corrected chi connectivity index (χ0v) is 14.5. The minimum absolute atomic E-state index is 0.596. The topological polar surface area (TPSA) is 56.7 Å². The van der Waals surface area contributed by atoms with E-state index in [2.05, 4.69) is 63.1 Å². The summed E-state index contributed by atoms with van der Waals surface area (Å²) < 4.78 is 2.18. The van der Waals surface area contributed by atoms with Crippen LogP contribution in [0.2, 0.25) is 0 Å². The fraction of sp³-hybridized carbons (Fsp3) is 0.182. The molecule has 0 bridgehead atoms. The molecule has 128 valence electrons. The minimum atomic E-state index is 0.596. The first-order chi connectivity index (χ1) is 12.8. The second-order valence-corrected chi connectivity index (χ2v) is 7.05. The van der Waals surface area contributed by atoms with Crippen LogP contribution in [0.3, 0.4) is 0 Å². The van der Waals surface area contributed by atoms with Crippen molar-refractivity contribution in [2.24, 2.45) is 0 Å². The number of nitrogens with two attached hydrogens (primary N) is 1. The van der Waals surface area contributed by atoms with Gasteiger partial charge in [0.25, 0.3) is 0 Å². The van der Waals surface area contributed by atoms with Crippen molar-refractivity contribution in [3.63, 3.8) is 0 Å². The number of aromatic nitrogens is 3. The molecule has 0 unspecified atom stereocenters. The third kappa shape index (κ3) is 2.84. The Morgan fingerprint density at radius 1 is 1.00 bits per heavy atom. The highest BCUT2D eigenvalue weighted by Gasteiger charge is 2.24. The molecular formula is C22H20N4. The van der Waals surface area contributed by atoms with Gasteiger partial charge in [0.15, 0.2) is 0 Å². The van der Waals surface area contributed by atoms with Crippen molar-refractivity contribution >= 4 is 16.9 Å². The molecule has 2 N–H and O–H groups in total. The molecule has 1 aliphatic carbocycles. The van der Waals surface area contributed by atoms with E-state index in [0.717, 1.165) is 28.8 Å². The first kappa shape index (κ1) is 15.1. The molecule has 2 aromatic carbocycles. The third-order valence-corrected chi connectivity index (χ3v) is 5.03. The zero-order valence-electron chi connectivity index (χ0n) is 14.5. The number of fused-ring (bicyclic) bond motifs is 1. The molecule has 0 aliphatic heterocycles. The van der Waals surface area contributed by atoms with E-state index in [-0.39, 0.29) is 0 Å². The van der Waals surface area contributed by atoms with E-state index in [1.54, 1.807) is 0 Å². The summed E-state index contributed by atoms with van der Waals surface area (Å²) in [6.45, 7) is 0.819. The fourth-order valence-corrected chi connectivity index (χ4v) is 3.50. The van der Waals surface area contributed by atoms with E-state index in [4.69, 9.17) is 5.73 Å². The Kier molecular flexibility index (Phi) is 3.49. The number of nitrogen functional groups attached to an aromatic ring is 1. The van der Waals surface area contributed by atoms with Gasteiger partial charge in [-0.2, -0.15) is 0 Å². The lowest BCUT2D eigenvalue weighted by Gasteiger charge is -2.07. The van der Waals surface area contributed by atoms with Crippen LogP contribution in [-0.2, 0) is 6.54 Å². The lowest BCUT2D eigenvalue weighted by atomic mass is 10.1. The van der Waals surface area contributed by atoms with Crippen molar-refractivity contribution in [1.82, 2.24) is 14.5 Å². The van der Waals surface area contributed by atoms with E-state index in [1.807, 2.05) is 18.5 Å². The van der Waals surface area contributed by atoms with Gasteiger partial charge in [-0.15, -0.1) is 0 Å². The molecule has 0 amide bonds. The summed E-state index contributed by atoms with van der Waals surface area (Å²) in [5, 5.41) is 0. The second-order valence-electron chi connectivity index (χ2n) is 7.05. The summed E-state index contributed by atoms with van der Waals surface area (Å²) >= 11 is 0. The van der Waals surface area contributed by atoms with Gasteiger partial charge < -0.3 is 10.3 Å². The summed E-state index contributed by atoms with van der Waals surface area (Å²) in [6, 6.07) is 21.0. The maximum atomic E-state index is 6.03. The van der Waals surface area contributed by atoms with Crippen molar-refractivity contribution in [3.8, 4) is 11.3 Å². The second kappa shape index (κ2) is 5.99. The van der Waals surface area contributed by atoms with Crippen molar-refractivity contribution in [2.75, 3.05) is 5.73 Å². The van der Waals surface area contributed by atoms with Crippen LogP contribution in [0.1, 0.15) is 29.9 Å². The number of nitrogens with zero attached hydrogens (tertiary/aromatic N) is 3. The number of benzene rings is 2. The highest BCUT2D eigenvalue weighted by molar-refractivity contribution is 5.81. The van der Waals surface area contributed by atoms with Crippen LogP contribution in [0.25, 0.3) is 22.3 Å². The average Bonchev–Trinajstić information content (AvgIpc) is 3.44. The van der Waals surface area contributed by atoms with Crippen LogP contribution in [-0.4, -0.2) is 14.5 Å². The van der Waals surface area contributed by atoms with Crippen molar-refractivity contribution in [1.29, 1.82) is 0 Å². The zero-order chi connectivity index (χ0) is 17.5. The molecule has 2 aromatic heterocycles. The predicted molar refractivity (Wildman–Crippen MR) is 105 cm³/mol. The predicted octanol–water partition coefficient (Wildman–Crippen LogP) is 4.61. The Morgan fingerprint density at radius 3 is 2.65 bits per heavy atom. The van der Waals surface area contributed by atoms with Crippen LogP contribution in [0.5, 0.6) is 0 Å². The molecule has 4 aromatic rings. The first-order valence-corrected chi connectivity index (χ1v) is 9.03. The van der Waals surface area contributed by atoms with Gasteiger partial charge in [-0.05, 0) is 54.2 Å². The fourth-order valence-electron chi connectivity index (χ4n) is 3.50. The summed E-state index contributed by atoms with van der Waals surface area (Å²) in [5.74, 6) is 1.26. The van der Waals surface area contributed by atoms with Gasteiger partial charge in [0.05, 0.1) is 23.1 Å². The van der Waals surface area contributed by atoms with Gasteiger partial charge in [-0.1, -0.05) is 36.4 Å². The number of anilines is 1. The monoisotopic (exact) mass is 340 g/mol. The SMILES string of the molecule is Nc1cc(C2CC2)cc(-c2ccc3c(c2)ncn3Cc2ccccc2)n1. The standard InChI is InChI=1S/C22H20N4/c23-22-12-18(16-6-7-16)11-19(25-22)17-8-9-21-20(10-17)24-14-26(21)13-15-4-2-1-3-5-15/h1-5,8-12,14,16H,6-7,13H2,(H2,23,25). The van der Waals surface area contributed by atoms with Crippen LogP contribution in [0.15, 0.2) is 67.0 Å². The van der Waals surface area contributed by atoms with Gasteiger partial charge >= 0.3 is 0 Å². The Balaban J connectivity index is 1.51. The maximum Gasteiger partial charge on any atom is 0.124 e. The molecule has 0 saturated heterocycles. The lowest BCUT2D eigenvalue weighted by molar-refractivity contribution is 0.824. The normalized spacial score (nSPS) is 14.0. The van der Waals surface area contributed by atoms with E-state index in [0.29, 0.717) is 11.7 Å². The molecule has 0 spiro atoms. The Morgan fingerprint density at radius 2 is 1.85 bits per heavy atom. The van der Waals surface area contributed by atoms with Gasteiger partial charge in [-0.25, -0.2) is 9.97 Å². The number of rotatable bonds is 4. The number of hydrogen-bond acceptors (Lipinski definition) is 3. The summed E-state index contributed by atoms with van der Waals surface area (Å²) in [4.78, 5) is 9.14. The summed E-state index contributed by atoms with van der Waals surface area (Å²) in [6.07, 6.45) is 4.42. The van der Waals surface area contributed by atoms with E-state index in [1.165, 1.54) is 24.0 Å². The van der Waals surface area contributed by atoms with Gasteiger partial charge in [-0.3, -0.25) is 0 Å². The Bertz CT molecular complexity index is 1080. The molecule has 5 rings (SSSR count). The molecule has 26 heavy (non-hydrogen) atoms. The minimum Gasteiger partial charge on any atom is -0.384 e. The number of imidazole rings is 1. The molecule has 1 aliphatic rings.